The summed E-state index contributed by atoms with van der Waals surface area (Å²) in [6.07, 6.45) is 9.34. The molecule has 0 aromatic heterocycles. The zero-order chi connectivity index (χ0) is 19.3. The highest BCUT2D eigenvalue weighted by Crippen LogP contribution is 2.54. The molecule has 3 aliphatic heterocycles. The molecule has 2 unspecified atom stereocenters. The first-order valence-corrected chi connectivity index (χ1v) is 11.0. The van der Waals surface area contributed by atoms with Gasteiger partial charge in [0, 0.05) is 30.1 Å². The Morgan fingerprint density at radius 3 is 2.43 bits per heavy atom. The second kappa shape index (κ2) is 7.01. The van der Waals surface area contributed by atoms with Crippen LogP contribution in [0.15, 0.2) is 0 Å². The number of carbonyl (C=O) groups excluding carboxylic acids is 3. The zero-order valence-electron chi connectivity index (χ0n) is 16.5. The number of hydrogen-bond donors (Lipinski definition) is 1. The van der Waals surface area contributed by atoms with Gasteiger partial charge in [-0.1, -0.05) is 0 Å². The van der Waals surface area contributed by atoms with Gasteiger partial charge in [0.05, 0.1) is 13.2 Å². The fourth-order valence-corrected chi connectivity index (χ4v) is 6.51. The number of ether oxygens (including phenoxy) is 1. The van der Waals surface area contributed by atoms with E-state index in [1.807, 2.05) is 4.90 Å². The lowest BCUT2D eigenvalue weighted by atomic mass is 9.82. The molecule has 5 rings (SSSR count). The third kappa shape index (κ3) is 3.11. The number of nitrogens with zero attached hydrogens (tertiary/aromatic N) is 2. The molecule has 2 aliphatic carbocycles. The fraction of sp³-hybridized carbons (Fsp3) is 0.857. The van der Waals surface area contributed by atoms with Crippen molar-refractivity contribution in [3.05, 3.63) is 0 Å². The van der Waals surface area contributed by atoms with Crippen LogP contribution in [0.25, 0.3) is 0 Å². The van der Waals surface area contributed by atoms with E-state index in [-0.39, 0.29) is 54.4 Å². The first-order chi connectivity index (χ1) is 13.5. The molecule has 3 saturated heterocycles. The Morgan fingerprint density at radius 1 is 1.11 bits per heavy atom. The lowest BCUT2D eigenvalue weighted by Crippen LogP contribution is -2.56. The van der Waals surface area contributed by atoms with Crippen molar-refractivity contribution in [2.75, 3.05) is 26.3 Å². The average molecular weight is 389 g/mol. The summed E-state index contributed by atoms with van der Waals surface area (Å²) in [5.41, 5.74) is -0.0899. The maximum absolute atomic E-state index is 13.0. The maximum Gasteiger partial charge on any atom is 0.249 e. The Hall–Kier alpha value is -1.63. The van der Waals surface area contributed by atoms with Gasteiger partial charge in [0.1, 0.15) is 6.61 Å². The SMILES string of the molecule is O=C1COCCN1CC(=O)N1C2CCC1CC(NC(=O)C13CCC(CC1)C3)C2. The van der Waals surface area contributed by atoms with Crippen molar-refractivity contribution in [3.8, 4) is 0 Å². The van der Waals surface area contributed by atoms with Gasteiger partial charge in [0.2, 0.25) is 17.7 Å². The molecule has 0 radical (unpaired) electrons. The van der Waals surface area contributed by atoms with Crippen molar-refractivity contribution in [2.45, 2.75) is 75.9 Å². The summed E-state index contributed by atoms with van der Waals surface area (Å²) in [6.45, 7) is 1.24. The monoisotopic (exact) mass is 389 g/mol. The normalized spacial score (nSPS) is 39.5. The Morgan fingerprint density at radius 2 is 1.82 bits per heavy atom. The van der Waals surface area contributed by atoms with Crippen LogP contribution in [0.1, 0.15) is 57.8 Å². The number of amides is 3. The van der Waals surface area contributed by atoms with Crippen LogP contribution in [-0.4, -0.2) is 72.0 Å². The number of rotatable bonds is 4. The van der Waals surface area contributed by atoms with Crippen LogP contribution in [0, 0.1) is 11.3 Å². The van der Waals surface area contributed by atoms with Crippen LogP contribution in [0.3, 0.4) is 0 Å². The molecule has 2 atom stereocenters. The van der Waals surface area contributed by atoms with Crippen LogP contribution in [0.2, 0.25) is 0 Å². The van der Waals surface area contributed by atoms with Crippen molar-refractivity contribution in [1.82, 2.24) is 15.1 Å². The summed E-state index contributed by atoms with van der Waals surface area (Å²) < 4.78 is 5.15. The number of nitrogens with one attached hydrogen (secondary N) is 1. The summed E-state index contributed by atoms with van der Waals surface area (Å²) in [7, 11) is 0. The third-order valence-corrected chi connectivity index (χ3v) is 7.99. The minimum atomic E-state index is -0.0974. The average Bonchev–Trinajstić information content (AvgIpc) is 3.37. The molecule has 7 heteroatoms. The molecule has 2 saturated carbocycles. The van der Waals surface area contributed by atoms with Crippen LogP contribution in [-0.2, 0) is 19.1 Å². The highest BCUT2D eigenvalue weighted by atomic mass is 16.5. The summed E-state index contributed by atoms with van der Waals surface area (Å²) in [4.78, 5) is 41.5. The minimum absolute atomic E-state index is 0.0561. The third-order valence-electron chi connectivity index (χ3n) is 7.99. The van der Waals surface area contributed by atoms with Gasteiger partial charge >= 0.3 is 0 Å². The summed E-state index contributed by atoms with van der Waals surface area (Å²) in [6, 6.07) is 0.586. The summed E-state index contributed by atoms with van der Waals surface area (Å²) in [5, 5.41) is 3.37. The van der Waals surface area contributed by atoms with E-state index in [1.54, 1.807) is 4.90 Å². The van der Waals surface area contributed by atoms with Crippen molar-refractivity contribution in [1.29, 1.82) is 0 Å². The van der Waals surface area contributed by atoms with E-state index in [0.29, 0.717) is 13.2 Å². The first-order valence-electron chi connectivity index (χ1n) is 11.0. The van der Waals surface area contributed by atoms with E-state index in [2.05, 4.69) is 5.32 Å². The van der Waals surface area contributed by atoms with Gasteiger partial charge in [-0.2, -0.15) is 0 Å². The number of hydrogen-bond acceptors (Lipinski definition) is 4. The van der Waals surface area contributed by atoms with Gasteiger partial charge in [-0.25, -0.2) is 0 Å². The molecule has 7 nitrogen and oxygen atoms in total. The number of fused-ring (bicyclic) bond motifs is 4. The van der Waals surface area contributed by atoms with E-state index in [0.717, 1.165) is 50.9 Å². The first kappa shape index (κ1) is 18.4. The molecule has 3 heterocycles. The van der Waals surface area contributed by atoms with Gasteiger partial charge in [-0.3, -0.25) is 14.4 Å². The van der Waals surface area contributed by atoms with Crippen molar-refractivity contribution < 1.29 is 19.1 Å². The van der Waals surface area contributed by atoms with Crippen molar-refractivity contribution in [2.24, 2.45) is 11.3 Å². The Kier molecular flexibility index (Phi) is 4.61. The van der Waals surface area contributed by atoms with Crippen LogP contribution in [0.4, 0.5) is 0 Å². The lowest BCUT2D eigenvalue weighted by molar-refractivity contribution is -0.150. The van der Waals surface area contributed by atoms with Gasteiger partial charge < -0.3 is 19.9 Å². The van der Waals surface area contributed by atoms with Gasteiger partial charge in [-0.05, 0) is 63.7 Å². The maximum atomic E-state index is 13.0. The fourth-order valence-electron chi connectivity index (χ4n) is 6.51. The Bertz CT molecular complexity index is 659. The topological polar surface area (TPSA) is 79.0 Å². The van der Waals surface area contributed by atoms with Crippen LogP contribution >= 0.6 is 0 Å². The number of carbonyl (C=O) groups is 3. The summed E-state index contributed by atoms with van der Waals surface area (Å²) >= 11 is 0. The molecule has 3 amide bonds. The van der Waals surface area contributed by atoms with E-state index in [9.17, 15) is 14.4 Å². The van der Waals surface area contributed by atoms with Crippen LogP contribution < -0.4 is 5.32 Å². The summed E-state index contributed by atoms with van der Waals surface area (Å²) in [5.74, 6) is 1.00. The predicted molar refractivity (Wildman–Crippen MR) is 101 cm³/mol. The minimum Gasteiger partial charge on any atom is -0.370 e. The second-order valence-corrected chi connectivity index (χ2v) is 9.62. The molecule has 0 aromatic rings. The molecule has 1 N–H and O–H groups in total. The van der Waals surface area contributed by atoms with E-state index < -0.39 is 0 Å². The molecule has 28 heavy (non-hydrogen) atoms. The van der Waals surface area contributed by atoms with Crippen molar-refractivity contribution in [3.63, 3.8) is 0 Å². The zero-order valence-corrected chi connectivity index (χ0v) is 16.5. The van der Waals surface area contributed by atoms with Gasteiger partial charge in [0.25, 0.3) is 0 Å². The Labute approximate surface area is 166 Å². The number of morpholine rings is 1. The molecule has 0 spiro atoms. The molecular weight excluding hydrogens is 358 g/mol. The standard InChI is InChI=1S/C21H31N3O4/c25-18(12-23-7-8-28-13-19(23)26)24-16-1-2-17(24)10-15(9-16)22-20(27)21-5-3-14(11-21)4-6-21/h14-17H,1-13H2,(H,22,27). The van der Waals surface area contributed by atoms with E-state index >= 15 is 0 Å². The molecule has 4 bridgehead atoms. The second-order valence-electron chi connectivity index (χ2n) is 9.62. The highest BCUT2D eigenvalue weighted by Gasteiger charge is 2.51. The van der Waals surface area contributed by atoms with E-state index in [4.69, 9.17) is 4.74 Å². The molecular formula is C21H31N3O4. The molecule has 5 aliphatic rings. The largest absolute Gasteiger partial charge is 0.370 e. The van der Waals surface area contributed by atoms with Gasteiger partial charge in [-0.15, -0.1) is 0 Å². The van der Waals surface area contributed by atoms with Crippen LogP contribution in [0.5, 0.6) is 0 Å². The predicted octanol–water partition coefficient (Wildman–Crippen LogP) is 1.06. The molecule has 5 fully saturated rings. The Balaban J connectivity index is 1.19. The van der Waals surface area contributed by atoms with E-state index in [1.165, 1.54) is 12.8 Å². The van der Waals surface area contributed by atoms with Crippen molar-refractivity contribution >= 4 is 17.7 Å². The smallest absolute Gasteiger partial charge is 0.249 e. The quantitative estimate of drug-likeness (QED) is 0.780. The molecule has 154 valence electrons. The number of piperidine rings is 1. The van der Waals surface area contributed by atoms with Gasteiger partial charge in [0.15, 0.2) is 0 Å². The lowest BCUT2D eigenvalue weighted by Gasteiger charge is -2.41. The highest BCUT2D eigenvalue weighted by molar-refractivity contribution is 5.86. The molecule has 0 aromatic carbocycles.